The van der Waals surface area contributed by atoms with Crippen LogP contribution in [0.1, 0.15) is 245 Å². The Morgan fingerprint density at radius 3 is 1.15 bits per heavy atom. The van der Waals surface area contributed by atoms with Crippen molar-refractivity contribution in [2.45, 2.75) is 251 Å². The number of unbranched alkanes of at least 4 members (excludes halogenated alkanes) is 31. The lowest BCUT2D eigenvalue weighted by Gasteiger charge is -2.06. The van der Waals surface area contributed by atoms with Crippen LogP contribution in [0, 0.1) is 0 Å². The van der Waals surface area contributed by atoms with Gasteiger partial charge in [0, 0.05) is 13.0 Å². The van der Waals surface area contributed by atoms with E-state index in [2.05, 4.69) is 13.8 Å². The minimum absolute atomic E-state index is 0.0622. The Labute approximate surface area is 294 Å². The molecule has 0 N–H and O–H groups in total. The summed E-state index contributed by atoms with van der Waals surface area (Å²) in [4.78, 5) is 26.2. The van der Waals surface area contributed by atoms with Crippen molar-refractivity contribution in [2.75, 3.05) is 13.2 Å². The van der Waals surface area contributed by atoms with E-state index >= 15 is 0 Å². The van der Waals surface area contributed by atoms with Crippen molar-refractivity contribution in [3.05, 3.63) is 0 Å². The lowest BCUT2D eigenvalue weighted by molar-refractivity contribution is -0.143. The summed E-state index contributed by atoms with van der Waals surface area (Å²) in [6, 6.07) is 0.146. The molecule has 0 spiro atoms. The molecule has 4 heteroatoms. The molecule has 1 fully saturated rings. The van der Waals surface area contributed by atoms with E-state index in [1.165, 1.54) is 199 Å². The summed E-state index contributed by atoms with van der Waals surface area (Å²) in [5, 5.41) is 0. The third kappa shape index (κ3) is 29.6. The Bertz CT molecular complexity index is 680. The van der Waals surface area contributed by atoms with Crippen molar-refractivity contribution < 1.29 is 14.3 Å². The maximum absolute atomic E-state index is 12.1. The lowest BCUT2D eigenvalue weighted by atomic mass is 10.0. The van der Waals surface area contributed by atoms with Crippen molar-refractivity contribution in [1.82, 2.24) is 4.90 Å². The lowest BCUT2D eigenvalue weighted by Crippen LogP contribution is -2.11. The first-order valence-corrected chi connectivity index (χ1v) is 21.7. The Morgan fingerprint density at radius 1 is 0.468 bits per heavy atom. The second kappa shape index (κ2) is 34.8. The molecular formula is C43H83NO3. The smallest absolute Gasteiger partial charge is 0.305 e. The summed E-state index contributed by atoms with van der Waals surface area (Å²) < 4.78 is 5.44. The van der Waals surface area contributed by atoms with Gasteiger partial charge in [-0.15, -0.1) is 0 Å². The van der Waals surface area contributed by atoms with Crippen molar-refractivity contribution in [1.29, 1.82) is 0 Å². The molecule has 0 aromatic rings. The molecule has 0 saturated carbocycles. The van der Waals surface area contributed by atoms with Crippen molar-refractivity contribution in [3.63, 3.8) is 0 Å². The average Bonchev–Trinajstić information content (AvgIpc) is 3.70. The average molecular weight is 662 g/mol. The molecule has 0 aliphatic carbocycles. The van der Waals surface area contributed by atoms with Crippen LogP contribution in [-0.2, 0) is 14.3 Å². The van der Waals surface area contributed by atoms with E-state index in [0.29, 0.717) is 18.9 Å². The second-order valence-corrected chi connectivity index (χ2v) is 15.1. The molecule has 47 heavy (non-hydrogen) atoms. The summed E-state index contributed by atoms with van der Waals surface area (Å²) in [6.45, 7) is 5.77. The first-order chi connectivity index (χ1) is 23.2. The van der Waals surface area contributed by atoms with Gasteiger partial charge in [0.25, 0.3) is 0 Å². The monoisotopic (exact) mass is 662 g/mol. The number of hydrogen-bond donors (Lipinski definition) is 0. The largest absolute Gasteiger partial charge is 0.466 e. The minimum atomic E-state index is -0.0622. The summed E-state index contributed by atoms with van der Waals surface area (Å²) in [6.07, 6.45) is 47.4. The number of carbonyl (C=O) groups excluding carboxylic acids is 2. The quantitative estimate of drug-likeness (QED) is 0.0374. The molecule has 1 atom stereocenters. The Hall–Kier alpha value is -1.06. The van der Waals surface area contributed by atoms with Crippen LogP contribution in [0.25, 0.3) is 0 Å². The van der Waals surface area contributed by atoms with Gasteiger partial charge in [-0.25, -0.2) is 0 Å². The first kappa shape index (κ1) is 44.0. The van der Waals surface area contributed by atoms with Crippen LogP contribution in [0.5, 0.6) is 0 Å². The van der Waals surface area contributed by atoms with Gasteiger partial charge >= 0.3 is 5.97 Å². The standard InChI is InChI=1S/C43H83NO3/c1-3-5-7-9-11-13-15-17-19-21-23-25-27-29-31-33-35-38-42(45)47-40-36-39-44-41(43(44)46)37-34-32-30-28-26-24-22-20-18-16-14-12-10-8-6-4-2/h41H,3-40H2,1-2H3. The normalized spacial score (nSPS) is 14.3. The molecule has 1 saturated heterocycles. The van der Waals surface area contributed by atoms with Gasteiger partial charge in [-0.3, -0.25) is 9.59 Å². The highest BCUT2D eigenvalue weighted by atomic mass is 16.5. The second-order valence-electron chi connectivity index (χ2n) is 15.1. The summed E-state index contributed by atoms with van der Waals surface area (Å²) in [7, 11) is 0. The SMILES string of the molecule is CCCCCCCCCCCCCCCCCCCC(=O)OCCCN1C(=O)C1CCCCCCCCCCCCCCCCCC. The predicted molar refractivity (Wildman–Crippen MR) is 204 cm³/mol. The summed E-state index contributed by atoms with van der Waals surface area (Å²) in [5.74, 6) is 0.244. The minimum Gasteiger partial charge on any atom is -0.466 e. The van der Waals surface area contributed by atoms with Gasteiger partial charge in [-0.2, -0.15) is 0 Å². The zero-order valence-electron chi connectivity index (χ0n) is 32.1. The van der Waals surface area contributed by atoms with Gasteiger partial charge in [0.05, 0.1) is 6.61 Å². The summed E-state index contributed by atoms with van der Waals surface area (Å²) >= 11 is 0. The third-order valence-electron chi connectivity index (χ3n) is 10.5. The fraction of sp³-hybridized carbons (Fsp3) is 0.953. The van der Waals surface area contributed by atoms with Crippen LogP contribution in [0.4, 0.5) is 0 Å². The van der Waals surface area contributed by atoms with E-state index in [9.17, 15) is 9.59 Å². The molecule has 0 aromatic carbocycles. The van der Waals surface area contributed by atoms with Gasteiger partial charge in [0.15, 0.2) is 0 Å². The maximum Gasteiger partial charge on any atom is 0.305 e. The molecule has 0 bridgehead atoms. The van der Waals surface area contributed by atoms with E-state index < -0.39 is 0 Å². The number of carbonyl (C=O) groups is 2. The molecule has 1 rings (SSSR count). The van der Waals surface area contributed by atoms with Gasteiger partial charge in [-0.1, -0.05) is 219 Å². The van der Waals surface area contributed by atoms with E-state index in [-0.39, 0.29) is 12.0 Å². The summed E-state index contributed by atoms with van der Waals surface area (Å²) in [5.41, 5.74) is 0. The van der Waals surface area contributed by atoms with E-state index in [0.717, 1.165) is 32.2 Å². The molecule has 1 unspecified atom stereocenters. The molecule has 1 amide bonds. The van der Waals surface area contributed by atoms with Crippen molar-refractivity contribution >= 4 is 11.9 Å². The van der Waals surface area contributed by atoms with E-state index in [1.807, 2.05) is 4.90 Å². The van der Waals surface area contributed by atoms with Crippen LogP contribution >= 0.6 is 0 Å². The van der Waals surface area contributed by atoms with E-state index in [1.54, 1.807) is 0 Å². The number of nitrogens with zero attached hydrogens (tertiary/aromatic N) is 1. The number of hydrogen-bond acceptors (Lipinski definition) is 3. The molecule has 0 radical (unpaired) electrons. The zero-order chi connectivity index (χ0) is 33.9. The number of rotatable bonds is 39. The van der Waals surface area contributed by atoms with Crippen LogP contribution in [0.15, 0.2) is 0 Å². The zero-order valence-corrected chi connectivity index (χ0v) is 32.1. The van der Waals surface area contributed by atoms with Crippen molar-refractivity contribution in [3.8, 4) is 0 Å². The van der Waals surface area contributed by atoms with Crippen LogP contribution in [0.2, 0.25) is 0 Å². The number of amides is 1. The van der Waals surface area contributed by atoms with Crippen molar-refractivity contribution in [2.24, 2.45) is 0 Å². The highest BCUT2D eigenvalue weighted by molar-refractivity contribution is 5.96. The molecule has 0 aromatic heterocycles. The van der Waals surface area contributed by atoms with Crippen LogP contribution < -0.4 is 0 Å². The Morgan fingerprint density at radius 2 is 0.787 bits per heavy atom. The van der Waals surface area contributed by atoms with Gasteiger partial charge in [-0.05, 0) is 19.3 Å². The Balaban J connectivity index is 1.76. The topological polar surface area (TPSA) is 46.4 Å². The highest BCUT2D eigenvalue weighted by Gasteiger charge is 2.43. The highest BCUT2D eigenvalue weighted by Crippen LogP contribution is 2.26. The van der Waals surface area contributed by atoms with E-state index in [4.69, 9.17) is 4.74 Å². The maximum atomic E-state index is 12.1. The van der Waals surface area contributed by atoms with Gasteiger partial charge < -0.3 is 9.64 Å². The fourth-order valence-electron chi connectivity index (χ4n) is 7.18. The molecule has 1 aliphatic rings. The molecule has 1 heterocycles. The fourth-order valence-corrected chi connectivity index (χ4v) is 7.18. The van der Waals surface area contributed by atoms with Crippen LogP contribution in [0.3, 0.4) is 0 Å². The molecule has 1 aliphatic heterocycles. The Kier molecular flexibility index (Phi) is 32.5. The van der Waals surface area contributed by atoms with Gasteiger partial charge in [0.2, 0.25) is 5.91 Å². The molecule has 278 valence electrons. The molecular weight excluding hydrogens is 578 g/mol. The third-order valence-corrected chi connectivity index (χ3v) is 10.5. The predicted octanol–water partition coefficient (Wildman–Crippen LogP) is 13.8. The van der Waals surface area contributed by atoms with Gasteiger partial charge in [0.1, 0.15) is 6.04 Å². The molecule has 4 nitrogen and oxygen atoms in total. The van der Waals surface area contributed by atoms with Crippen LogP contribution in [-0.4, -0.2) is 36.0 Å². The number of ether oxygens (including phenoxy) is 1. The first-order valence-electron chi connectivity index (χ1n) is 21.7. The number of esters is 1.